The molecular weight excluding hydrogens is 272 g/mol. The number of anilines is 2. The van der Waals surface area contributed by atoms with Crippen LogP contribution in [0.2, 0.25) is 0 Å². The number of rotatable bonds is 2. The highest BCUT2D eigenvalue weighted by Crippen LogP contribution is 2.16. The average Bonchev–Trinajstić information content (AvgIpc) is 2.56. The van der Waals surface area contributed by atoms with E-state index in [4.69, 9.17) is 18.6 Å². The summed E-state index contributed by atoms with van der Waals surface area (Å²) in [6.45, 7) is 4.00. The van der Waals surface area contributed by atoms with Gasteiger partial charge in [-0.2, -0.15) is 0 Å². The summed E-state index contributed by atoms with van der Waals surface area (Å²) in [6.07, 6.45) is 10.7. The lowest BCUT2D eigenvalue weighted by Gasteiger charge is -2.07. The van der Waals surface area contributed by atoms with E-state index in [2.05, 4.69) is 17.2 Å². The van der Waals surface area contributed by atoms with Crippen LogP contribution in [-0.2, 0) is 0 Å². The van der Waals surface area contributed by atoms with Crippen LogP contribution in [0.1, 0.15) is 35.3 Å². The summed E-state index contributed by atoms with van der Waals surface area (Å²) in [5, 5.41) is 2.75. The fourth-order valence-electron chi connectivity index (χ4n) is 1.75. The minimum atomic E-state index is -0.269. The second kappa shape index (κ2) is 8.19. The van der Waals surface area contributed by atoms with Crippen molar-refractivity contribution in [2.24, 2.45) is 0 Å². The zero-order chi connectivity index (χ0) is 16.5. The van der Waals surface area contributed by atoms with Crippen LogP contribution in [0.25, 0.3) is 0 Å². The lowest BCUT2D eigenvalue weighted by molar-refractivity contribution is 0.102. The molecule has 2 rings (SSSR count). The number of nitrogens with two attached hydrogens (primary N) is 1. The van der Waals surface area contributed by atoms with Gasteiger partial charge in [0, 0.05) is 28.1 Å². The first kappa shape index (κ1) is 16.9. The van der Waals surface area contributed by atoms with E-state index < -0.39 is 0 Å². The Kier molecular flexibility index (Phi) is 6.29. The van der Waals surface area contributed by atoms with Crippen molar-refractivity contribution in [3.8, 4) is 24.7 Å². The van der Waals surface area contributed by atoms with Crippen LogP contribution in [0.15, 0.2) is 42.5 Å². The Morgan fingerprint density at radius 3 is 2.14 bits per heavy atom. The molecule has 0 aliphatic rings. The van der Waals surface area contributed by atoms with Crippen LogP contribution in [0.3, 0.4) is 0 Å². The van der Waals surface area contributed by atoms with Gasteiger partial charge in [-0.3, -0.25) is 4.79 Å². The maximum absolute atomic E-state index is 12.1. The molecule has 0 aliphatic heterocycles. The van der Waals surface area contributed by atoms with Crippen LogP contribution >= 0.6 is 0 Å². The first-order valence-electron chi connectivity index (χ1n) is 6.87. The maximum atomic E-state index is 12.1. The van der Waals surface area contributed by atoms with Gasteiger partial charge in [-0.25, -0.2) is 0 Å². The first-order chi connectivity index (χ1) is 10.6. The topological polar surface area (TPSA) is 55.1 Å². The molecule has 0 atom stereocenters. The summed E-state index contributed by atoms with van der Waals surface area (Å²) in [4.78, 5) is 12.1. The van der Waals surface area contributed by atoms with Gasteiger partial charge in [0.2, 0.25) is 0 Å². The highest BCUT2D eigenvalue weighted by atomic mass is 16.1. The summed E-state index contributed by atoms with van der Waals surface area (Å²) < 4.78 is 0. The van der Waals surface area contributed by atoms with Gasteiger partial charge in [-0.15, -0.1) is 12.8 Å². The molecule has 0 bridgehead atoms. The van der Waals surface area contributed by atoms with E-state index in [9.17, 15) is 4.79 Å². The monoisotopic (exact) mass is 290 g/mol. The SMILES string of the molecule is C#Cc1cc(C#C)cc(NC(=O)c2cccc(N)c2)c1.CC. The molecule has 0 aliphatic carbocycles. The fourth-order valence-corrected chi connectivity index (χ4v) is 1.75. The number of nitrogen functional groups attached to an aromatic ring is 1. The van der Waals surface area contributed by atoms with E-state index in [1.165, 1.54) is 0 Å². The summed E-state index contributed by atoms with van der Waals surface area (Å²) in [7, 11) is 0. The Hall–Kier alpha value is -3.17. The smallest absolute Gasteiger partial charge is 0.255 e. The van der Waals surface area contributed by atoms with Crippen LogP contribution in [-0.4, -0.2) is 5.91 Å². The number of hydrogen-bond donors (Lipinski definition) is 2. The summed E-state index contributed by atoms with van der Waals surface area (Å²) in [5.41, 5.74) is 8.43. The van der Waals surface area contributed by atoms with E-state index in [1.54, 1.807) is 42.5 Å². The van der Waals surface area contributed by atoms with Crippen molar-refractivity contribution in [3.63, 3.8) is 0 Å². The molecule has 3 heteroatoms. The van der Waals surface area contributed by atoms with Crippen LogP contribution < -0.4 is 11.1 Å². The molecule has 3 N–H and O–H groups in total. The molecule has 2 aromatic rings. The van der Waals surface area contributed by atoms with Crippen LogP contribution in [0, 0.1) is 24.7 Å². The fraction of sp³-hybridized carbons (Fsp3) is 0.105. The van der Waals surface area contributed by atoms with Gasteiger partial charge in [-0.05, 0) is 36.4 Å². The van der Waals surface area contributed by atoms with Crippen molar-refractivity contribution in [1.82, 2.24) is 0 Å². The number of carbonyl (C=O) groups is 1. The highest BCUT2D eigenvalue weighted by Gasteiger charge is 2.07. The van der Waals surface area contributed by atoms with E-state index in [-0.39, 0.29) is 5.91 Å². The van der Waals surface area contributed by atoms with Gasteiger partial charge in [0.1, 0.15) is 0 Å². The number of carbonyl (C=O) groups excluding carboxylic acids is 1. The standard InChI is InChI=1S/C17H12N2O.C2H6/c1-3-12-8-13(4-2)10-16(9-12)19-17(20)14-6-5-7-15(18)11-14;1-2/h1-2,5-11H,18H2,(H,19,20);1-2H3. The molecule has 3 nitrogen and oxygen atoms in total. The summed E-state index contributed by atoms with van der Waals surface area (Å²) in [5.74, 6) is 4.73. The molecule has 2 aromatic carbocycles. The normalized spacial score (nSPS) is 8.73. The molecule has 0 saturated heterocycles. The quantitative estimate of drug-likeness (QED) is 0.657. The predicted octanol–water partition coefficient (Wildman–Crippen LogP) is 3.51. The molecule has 0 saturated carbocycles. The van der Waals surface area contributed by atoms with E-state index in [0.717, 1.165) is 0 Å². The zero-order valence-electron chi connectivity index (χ0n) is 12.7. The number of nitrogens with one attached hydrogen (secondary N) is 1. The molecule has 0 unspecified atom stereocenters. The van der Waals surface area contributed by atoms with Crippen molar-refractivity contribution < 1.29 is 4.79 Å². The molecular formula is C19H18N2O. The predicted molar refractivity (Wildman–Crippen MR) is 92.5 cm³/mol. The number of benzene rings is 2. The zero-order valence-corrected chi connectivity index (χ0v) is 12.7. The molecule has 0 aromatic heterocycles. The van der Waals surface area contributed by atoms with E-state index in [0.29, 0.717) is 28.1 Å². The second-order valence-electron chi connectivity index (χ2n) is 4.17. The van der Waals surface area contributed by atoms with E-state index >= 15 is 0 Å². The third-order valence-corrected chi connectivity index (χ3v) is 2.67. The van der Waals surface area contributed by atoms with Gasteiger partial charge in [0.25, 0.3) is 5.91 Å². The average molecular weight is 290 g/mol. The molecule has 22 heavy (non-hydrogen) atoms. The highest BCUT2D eigenvalue weighted by molar-refractivity contribution is 6.04. The summed E-state index contributed by atoms with van der Waals surface area (Å²) >= 11 is 0. The minimum absolute atomic E-state index is 0.269. The van der Waals surface area contributed by atoms with Crippen LogP contribution in [0.5, 0.6) is 0 Å². The number of amides is 1. The largest absolute Gasteiger partial charge is 0.399 e. The minimum Gasteiger partial charge on any atom is -0.399 e. The molecule has 0 fully saturated rings. The van der Waals surface area contributed by atoms with Gasteiger partial charge in [-0.1, -0.05) is 31.8 Å². The number of terminal acetylenes is 2. The third kappa shape index (κ3) is 4.44. The second-order valence-corrected chi connectivity index (χ2v) is 4.17. The van der Waals surface area contributed by atoms with Crippen molar-refractivity contribution in [2.45, 2.75) is 13.8 Å². The Morgan fingerprint density at radius 2 is 1.64 bits per heavy atom. The van der Waals surface area contributed by atoms with Crippen molar-refractivity contribution in [3.05, 3.63) is 59.2 Å². The lowest BCUT2D eigenvalue weighted by Crippen LogP contribution is -2.12. The van der Waals surface area contributed by atoms with Crippen molar-refractivity contribution in [1.29, 1.82) is 0 Å². The van der Waals surface area contributed by atoms with Gasteiger partial charge in [0.05, 0.1) is 0 Å². The van der Waals surface area contributed by atoms with Crippen LogP contribution in [0.4, 0.5) is 11.4 Å². The molecule has 0 radical (unpaired) electrons. The lowest BCUT2D eigenvalue weighted by atomic mass is 10.1. The molecule has 110 valence electrons. The van der Waals surface area contributed by atoms with Gasteiger partial charge >= 0.3 is 0 Å². The maximum Gasteiger partial charge on any atom is 0.255 e. The van der Waals surface area contributed by atoms with E-state index in [1.807, 2.05) is 13.8 Å². The molecule has 0 spiro atoms. The Balaban J connectivity index is 0.00000116. The molecule has 0 heterocycles. The first-order valence-corrected chi connectivity index (χ1v) is 6.87. The Bertz CT molecular complexity index is 717. The third-order valence-electron chi connectivity index (χ3n) is 2.67. The van der Waals surface area contributed by atoms with Crippen molar-refractivity contribution in [2.75, 3.05) is 11.1 Å². The molecule has 1 amide bonds. The van der Waals surface area contributed by atoms with Crippen molar-refractivity contribution >= 4 is 17.3 Å². The summed E-state index contributed by atoms with van der Waals surface area (Å²) in [6, 6.07) is 11.8. The van der Waals surface area contributed by atoms with Gasteiger partial charge < -0.3 is 11.1 Å². The number of hydrogen-bond acceptors (Lipinski definition) is 2. The van der Waals surface area contributed by atoms with Gasteiger partial charge in [0.15, 0.2) is 0 Å². The Morgan fingerprint density at radius 1 is 1.05 bits per heavy atom. The Labute approximate surface area is 131 Å².